The first kappa shape index (κ1) is 40.3. The lowest BCUT2D eigenvalue weighted by atomic mass is 10.1. The number of fused-ring (bicyclic) bond motifs is 2. The van der Waals surface area contributed by atoms with E-state index in [9.17, 15) is 9.59 Å². The second-order valence-electron chi connectivity index (χ2n) is 14.0. The van der Waals surface area contributed by atoms with E-state index >= 15 is 0 Å². The minimum Gasteiger partial charge on any atom is -0.493 e. The molecule has 1 aliphatic rings. The number of benzene rings is 4. The van der Waals surface area contributed by atoms with Crippen molar-refractivity contribution in [3.63, 3.8) is 0 Å². The fourth-order valence-electron chi connectivity index (χ4n) is 6.87. The number of carbonyl (C=O) groups excluding carboxylic acids is 1. The lowest BCUT2D eigenvalue weighted by Crippen LogP contribution is -2.33. The van der Waals surface area contributed by atoms with Crippen LogP contribution in [0.15, 0.2) is 83.1 Å². The van der Waals surface area contributed by atoms with Crippen LogP contribution in [-0.4, -0.2) is 67.1 Å². The minimum absolute atomic E-state index is 0.0241. The second-order valence-corrected chi connectivity index (χ2v) is 17.1. The van der Waals surface area contributed by atoms with Crippen LogP contribution in [0.1, 0.15) is 53.6 Å². The number of methoxy groups -OCH3 is 2. The summed E-state index contributed by atoms with van der Waals surface area (Å²) >= 11 is 0. The number of H-pyrrole nitrogens is 1. The van der Waals surface area contributed by atoms with Gasteiger partial charge >= 0.3 is 0 Å². The molecular weight excluding hydrogens is 747 g/mol. The summed E-state index contributed by atoms with van der Waals surface area (Å²) in [6, 6.07) is 20.9. The Kier molecular flexibility index (Phi) is 12.7. The summed E-state index contributed by atoms with van der Waals surface area (Å²) < 4.78 is 24.2. The number of nitrogens with zero attached hydrogens (tertiary/aromatic N) is 4. The summed E-state index contributed by atoms with van der Waals surface area (Å²) in [6.07, 6.45) is 3.46. The Morgan fingerprint density at radius 2 is 1.68 bits per heavy atom. The van der Waals surface area contributed by atoms with Gasteiger partial charge < -0.3 is 33.7 Å². The number of aromatic nitrogens is 2. The highest BCUT2D eigenvalue weighted by molar-refractivity contribution is 8.77. The molecule has 11 nitrogen and oxygen atoms in total. The van der Waals surface area contributed by atoms with Gasteiger partial charge in [0.05, 0.1) is 36.4 Å². The number of aryl methyl sites for hydroxylation is 1. The van der Waals surface area contributed by atoms with Crippen molar-refractivity contribution in [1.29, 1.82) is 0 Å². The molecule has 0 unspecified atom stereocenters. The van der Waals surface area contributed by atoms with Gasteiger partial charge in [-0.15, -0.1) is 0 Å². The Labute approximate surface area is 335 Å². The summed E-state index contributed by atoms with van der Waals surface area (Å²) in [4.78, 5) is 42.4. The molecule has 4 aromatic carbocycles. The number of anilines is 2. The Morgan fingerprint density at radius 1 is 1.00 bits per heavy atom. The predicted molar refractivity (Wildman–Crippen MR) is 229 cm³/mol. The summed E-state index contributed by atoms with van der Waals surface area (Å²) in [5, 5.41) is 0.427. The molecule has 1 aliphatic heterocycles. The van der Waals surface area contributed by atoms with E-state index in [0.29, 0.717) is 63.9 Å². The van der Waals surface area contributed by atoms with Crippen molar-refractivity contribution in [1.82, 2.24) is 9.97 Å². The van der Waals surface area contributed by atoms with Crippen LogP contribution < -0.4 is 34.3 Å². The molecule has 6 rings (SSSR count). The largest absolute Gasteiger partial charge is 0.493 e. The molecule has 0 aliphatic carbocycles. The SMILES string of the molecule is C=C=Nc1cc(OCc2cc(COc3cc4nc(CC)[nH]c(=O)c4cc3OC)cc(N(C)CC(C)(C)SSC)c2)c(OC)cc1C(=O)N1CCc2ccccc21. The van der Waals surface area contributed by atoms with Crippen LogP contribution in [0.2, 0.25) is 0 Å². The van der Waals surface area contributed by atoms with Crippen LogP contribution >= 0.6 is 21.6 Å². The average Bonchev–Trinajstić information content (AvgIpc) is 3.62. The molecule has 1 N–H and O–H groups in total. The Balaban J connectivity index is 1.30. The summed E-state index contributed by atoms with van der Waals surface area (Å²) in [6.45, 7) is 11.8. The molecule has 5 aromatic rings. The zero-order valence-corrected chi connectivity index (χ0v) is 34.5. The van der Waals surface area contributed by atoms with Crippen LogP contribution in [0.4, 0.5) is 17.1 Å². The van der Waals surface area contributed by atoms with E-state index in [2.05, 4.69) is 71.6 Å². The molecule has 0 bridgehead atoms. The molecule has 0 saturated carbocycles. The van der Waals surface area contributed by atoms with Gasteiger partial charge in [0.1, 0.15) is 19.0 Å². The van der Waals surface area contributed by atoms with E-state index in [4.69, 9.17) is 18.9 Å². The third-order valence-electron chi connectivity index (χ3n) is 9.41. The lowest BCUT2D eigenvalue weighted by Gasteiger charge is -2.31. The van der Waals surface area contributed by atoms with Crippen molar-refractivity contribution >= 4 is 61.3 Å². The van der Waals surface area contributed by atoms with Crippen molar-refractivity contribution in [2.24, 2.45) is 4.99 Å². The van der Waals surface area contributed by atoms with E-state index in [0.717, 1.165) is 41.0 Å². The van der Waals surface area contributed by atoms with Crippen molar-refractivity contribution in [2.75, 3.05) is 50.4 Å². The molecule has 1 aromatic heterocycles. The second kappa shape index (κ2) is 17.6. The number of aliphatic imine (C=N–C) groups is 1. The number of para-hydroxylation sites is 1. The number of ether oxygens (including phenoxy) is 4. The van der Waals surface area contributed by atoms with Crippen molar-refractivity contribution < 1.29 is 23.7 Å². The standard InChI is InChI=1S/C43H47N5O6S2/c1-9-40-45-34-23-39(36(51-6)20-31(34)41(49)46-40)54-25-28-17-27(18-30(19-28)47(5)26-43(3,4)56-55-8)24-53-38-22-33(44-10-2)32(21-37(38)52-7)42(50)48-16-15-29-13-11-12-14-35(29)48/h11-14,17-23H,2,9,15-16,24-26H2,1,3-8H3,(H,45,46,49). The van der Waals surface area contributed by atoms with Gasteiger partial charge in [-0.05, 0) is 92.1 Å². The topological polar surface area (TPSA) is 119 Å². The Morgan fingerprint density at radius 3 is 2.34 bits per heavy atom. The molecule has 0 saturated heterocycles. The highest BCUT2D eigenvalue weighted by Crippen LogP contribution is 2.39. The highest BCUT2D eigenvalue weighted by Gasteiger charge is 2.28. The van der Waals surface area contributed by atoms with Crippen molar-refractivity contribution in [3.8, 4) is 23.0 Å². The van der Waals surface area contributed by atoms with E-state index in [1.807, 2.05) is 48.0 Å². The molecule has 0 atom stereocenters. The molecule has 1 amide bonds. The van der Waals surface area contributed by atoms with Gasteiger partial charge in [-0.2, -0.15) is 0 Å². The fraction of sp³-hybridized carbons (Fsp3) is 0.326. The number of carbonyl (C=O) groups is 1. The van der Waals surface area contributed by atoms with Gasteiger partial charge in [0.2, 0.25) is 0 Å². The van der Waals surface area contributed by atoms with Crippen molar-refractivity contribution in [3.05, 3.63) is 112 Å². The third-order valence-corrected chi connectivity index (χ3v) is 12.0. The molecule has 13 heteroatoms. The maximum atomic E-state index is 13.9. The van der Waals surface area contributed by atoms with Crippen LogP contribution in [0, 0.1) is 0 Å². The maximum Gasteiger partial charge on any atom is 0.260 e. The zero-order chi connectivity index (χ0) is 40.0. The molecule has 2 heterocycles. The zero-order valence-electron chi connectivity index (χ0n) is 32.9. The third kappa shape index (κ3) is 9.02. The maximum absolute atomic E-state index is 13.9. The average molecular weight is 794 g/mol. The van der Waals surface area contributed by atoms with Crippen LogP contribution in [0.3, 0.4) is 0 Å². The quantitative estimate of drug-likeness (QED) is 0.0769. The van der Waals surface area contributed by atoms with E-state index in [-0.39, 0.29) is 29.4 Å². The van der Waals surface area contributed by atoms with Crippen LogP contribution in [-0.2, 0) is 26.1 Å². The Hall–Kier alpha value is -5.36. The van der Waals surface area contributed by atoms with Crippen LogP contribution in [0.5, 0.6) is 23.0 Å². The van der Waals surface area contributed by atoms with E-state index in [1.165, 1.54) is 0 Å². The Bertz CT molecular complexity index is 2360. The van der Waals surface area contributed by atoms with Gasteiger partial charge in [0.25, 0.3) is 11.5 Å². The molecule has 0 spiro atoms. The van der Waals surface area contributed by atoms with Gasteiger partial charge in [-0.25, -0.2) is 9.98 Å². The minimum atomic E-state index is -0.224. The van der Waals surface area contributed by atoms with E-state index in [1.54, 1.807) is 54.2 Å². The summed E-state index contributed by atoms with van der Waals surface area (Å²) in [5.74, 6) is 4.73. The number of amides is 1. The monoisotopic (exact) mass is 793 g/mol. The van der Waals surface area contributed by atoms with Gasteiger partial charge in [0, 0.05) is 54.8 Å². The molecule has 56 heavy (non-hydrogen) atoms. The highest BCUT2D eigenvalue weighted by atomic mass is 33.1. The number of aromatic amines is 1. The number of hydrogen-bond acceptors (Lipinski definition) is 11. The first-order chi connectivity index (χ1) is 27.0. The van der Waals surface area contributed by atoms with Gasteiger partial charge in [-0.3, -0.25) is 9.59 Å². The van der Waals surface area contributed by atoms with Gasteiger partial charge in [-0.1, -0.05) is 46.7 Å². The molecular formula is C43H47N5O6S2. The molecule has 0 fully saturated rings. The molecule has 292 valence electrons. The lowest BCUT2D eigenvalue weighted by molar-refractivity contribution is 0.0989. The summed E-state index contributed by atoms with van der Waals surface area (Å²) in [5.41, 5.74) is 5.85. The normalized spacial score (nSPS) is 12.2. The van der Waals surface area contributed by atoms with Crippen LogP contribution in [0.25, 0.3) is 10.9 Å². The number of rotatable bonds is 16. The first-order valence-electron chi connectivity index (χ1n) is 18.2. The number of nitrogens with one attached hydrogen (secondary N) is 1. The van der Waals surface area contributed by atoms with Crippen molar-refractivity contribution in [2.45, 2.75) is 51.6 Å². The summed E-state index contributed by atoms with van der Waals surface area (Å²) in [7, 11) is 8.74. The van der Waals surface area contributed by atoms with E-state index < -0.39 is 0 Å². The molecule has 0 radical (unpaired) electrons. The smallest absolute Gasteiger partial charge is 0.260 e. The van der Waals surface area contributed by atoms with Gasteiger partial charge in [0.15, 0.2) is 23.0 Å². The predicted octanol–water partition coefficient (Wildman–Crippen LogP) is 8.58. The first-order valence-corrected chi connectivity index (χ1v) is 20.8. The fourth-order valence-corrected chi connectivity index (χ4v) is 9.08. The number of hydrogen-bond donors (Lipinski definition) is 1.